The first-order valence-electron chi connectivity index (χ1n) is 11.7. The van der Waals surface area contributed by atoms with Crippen LogP contribution in [0.3, 0.4) is 0 Å². The number of hydrogen-bond donors (Lipinski definition) is 0. The molecule has 35 heavy (non-hydrogen) atoms. The summed E-state index contributed by atoms with van der Waals surface area (Å²) >= 11 is 1.27. The van der Waals surface area contributed by atoms with Crippen molar-refractivity contribution in [1.29, 1.82) is 5.26 Å². The number of aryl methyl sites for hydroxylation is 1. The molecule has 1 aliphatic rings. The van der Waals surface area contributed by atoms with Gasteiger partial charge in [-0.3, -0.25) is 14.0 Å². The molecule has 0 unspecified atom stereocenters. The van der Waals surface area contributed by atoms with Crippen molar-refractivity contribution in [3.8, 4) is 11.8 Å². The summed E-state index contributed by atoms with van der Waals surface area (Å²) in [6.45, 7) is 1.95. The SMILES string of the molecule is Cc1ccccc1-n1c(=O)c2ccccc2n2c(SCC(=O)N(C)C3(C#N)CCCCC3)nnc12. The van der Waals surface area contributed by atoms with E-state index in [1.807, 2.05) is 53.8 Å². The summed E-state index contributed by atoms with van der Waals surface area (Å²) in [6.07, 6.45) is 4.42. The van der Waals surface area contributed by atoms with E-state index < -0.39 is 5.54 Å². The zero-order chi connectivity index (χ0) is 24.6. The van der Waals surface area contributed by atoms with Crippen molar-refractivity contribution >= 4 is 34.3 Å². The molecule has 0 atom stereocenters. The second-order valence-electron chi connectivity index (χ2n) is 9.01. The fourth-order valence-electron chi connectivity index (χ4n) is 4.92. The number of carbonyl (C=O) groups is 1. The third-order valence-corrected chi connectivity index (χ3v) is 7.89. The number of thioether (sulfide) groups is 1. The molecule has 1 aliphatic carbocycles. The molecule has 2 heterocycles. The molecule has 4 aromatic rings. The van der Waals surface area contributed by atoms with Gasteiger partial charge in [-0.1, -0.05) is 61.4 Å². The van der Waals surface area contributed by atoms with Crippen molar-refractivity contribution < 1.29 is 4.79 Å². The number of fused-ring (bicyclic) bond motifs is 3. The van der Waals surface area contributed by atoms with E-state index >= 15 is 0 Å². The van der Waals surface area contributed by atoms with Crippen molar-refractivity contribution in [1.82, 2.24) is 24.1 Å². The molecule has 8 nitrogen and oxygen atoms in total. The second-order valence-corrected chi connectivity index (χ2v) is 9.95. The molecule has 2 aromatic heterocycles. The molecule has 0 bridgehead atoms. The summed E-state index contributed by atoms with van der Waals surface area (Å²) in [4.78, 5) is 28.2. The van der Waals surface area contributed by atoms with Crippen molar-refractivity contribution in [2.75, 3.05) is 12.8 Å². The maximum Gasteiger partial charge on any atom is 0.267 e. The topological polar surface area (TPSA) is 96.3 Å². The standard InChI is InChI=1S/C26H26N6O2S/c1-18-10-4-6-12-20(18)31-23(34)19-11-5-7-13-21(19)32-24(31)28-29-25(32)35-16-22(33)30(2)26(17-27)14-8-3-9-15-26/h4-7,10-13H,3,8-9,14-16H2,1-2H3. The lowest BCUT2D eigenvalue weighted by molar-refractivity contribution is -0.131. The molecule has 1 fully saturated rings. The summed E-state index contributed by atoms with van der Waals surface area (Å²) in [6, 6.07) is 17.4. The average molecular weight is 487 g/mol. The highest BCUT2D eigenvalue weighted by molar-refractivity contribution is 7.99. The van der Waals surface area contributed by atoms with Crippen LogP contribution < -0.4 is 5.56 Å². The monoisotopic (exact) mass is 486 g/mol. The second kappa shape index (κ2) is 9.19. The van der Waals surface area contributed by atoms with Gasteiger partial charge in [-0.05, 0) is 43.5 Å². The Labute approximate surface area is 207 Å². The summed E-state index contributed by atoms with van der Waals surface area (Å²) in [5.41, 5.74) is 1.46. The molecule has 0 spiro atoms. The largest absolute Gasteiger partial charge is 0.326 e. The van der Waals surface area contributed by atoms with Crippen LogP contribution in [0.2, 0.25) is 0 Å². The van der Waals surface area contributed by atoms with Gasteiger partial charge in [-0.2, -0.15) is 5.26 Å². The first-order chi connectivity index (χ1) is 17.0. The minimum atomic E-state index is -0.735. The van der Waals surface area contributed by atoms with Crippen LogP contribution >= 0.6 is 11.8 Å². The molecule has 1 saturated carbocycles. The van der Waals surface area contributed by atoms with Gasteiger partial charge in [0.25, 0.3) is 5.56 Å². The van der Waals surface area contributed by atoms with Gasteiger partial charge in [-0.25, -0.2) is 4.57 Å². The number of para-hydroxylation sites is 2. The fourth-order valence-corrected chi connectivity index (χ4v) is 5.78. The van der Waals surface area contributed by atoms with E-state index in [1.54, 1.807) is 22.6 Å². The van der Waals surface area contributed by atoms with E-state index in [2.05, 4.69) is 16.3 Å². The van der Waals surface area contributed by atoms with Gasteiger partial charge < -0.3 is 4.90 Å². The number of aromatic nitrogens is 4. The smallest absolute Gasteiger partial charge is 0.267 e. The van der Waals surface area contributed by atoms with Crippen LogP contribution in [0.25, 0.3) is 22.4 Å². The van der Waals surface area contributed by atoms with E-state index in [-0.39, 0.29) is 17.2 Å². The third kappa shape index (κ3) is 3.88. The Morgan fingerprint density at radius 1 is 1.11 bits per heavy atom. The minimum absolute atomic E-state index is 0.119. The van der Waals surface area contributed by atoms with Gasteiger partial charge in [0, 0.05) is 7.05 Å². The van der Waals surface area contributed by atoms with Crippen molar-refractivity contribution in [2.24, 2.45) is 0 Å². The minimum Gasteiger partial charge on any atom is -0.326 e. The number of rotatable bonds is 5. The lowest BCUT2D eigenvalue weighted by Gasteiger charge is -2.39. The van der Waals surface area contributed by atoms with E-state index in [4.69, 9.17) is 0 Å². The van der Waals surface area contributed by atoms with Gasteiger partial charge in [0.05, 0.1) is 28.4 Å². The lowest BCUT2D eigenvalue weighted by Crippen LogP contribution is -2.50. The molecule has 0 aliphatic heterocycles. The summed E-state index contributed by atoms with van der Waals surface area (Å²) < 4.78 is 3.41. The Hall–Kier alpha value is -3.64. The lowest BCUT2D eigenvalue weighted by atomic mass is 9.81. The van der Waals surface area contributed by atoms with Crippen LogP contribution in [-0.4, -0.2) is 48.3 Å². The normalized spacial score (nSPS) is 15.2. The summed E-state index contributed by atoms with van der Waals surface area (Å²) in [5.74, 6) is 0.400. The van der Waals surface area contributed by atoms with Crippen LogP contribution in [0.15, 0.2) is 58.5 Å². The molecule has 178 valence electrons. The van der Waals surface area contributed by atoms with Crippen molar-refractivity contribution in [3.63, 3.8) is 0 Å². The first kappa shape index (κ1) is 23.1. The Morgan fingerprint density at radius 3 is 2.57 bits per heavy atom. The third-order valence-electron chi connectivity index (χ3n) is 6.98. The molecule has 0 saturated heterocycles. The van der Waals surface area contributed by atoms with Gasteiger partial charge in [0.15, 0.2) is 5.16 Å². The van der Waals surface area contributed by atoms with Crippen LogP contribution in [0.5, 0.6) is 0 Å². The van der Waals surface area contributed by atoms with Gasteiger partial charge in [0.1, 0.15) is 5.54 Å². The Morgan fingerprint density at radius 2 is 1.83 bits per heavy atom. The molecule has 5 rings (SSSR count). The summed E-state index contributed by atoms with van der Waals surface area (Å²) in [7, 11) is 1.73. The first-order valence-corrected chi connectivity index (χ1v) is 12.7. The summed E-state index contributed by atoms with van der Waals surface area (Å²) in [5, 5.41) is 19.6. The van der Waals surface area contributed by atoms with Gasteiger partial charge in [-0.15, -0.1) is 10.2 Å². The molecule has 2 aromatic carbocycles. The number of benzene rings is 2. The zero-order valence-corrected chi connectivity index (χ0v) is 20.6. The molecule has 1 amide bonds. The zero-order valence-electron chi connectivity index (χ0n) is 19.8. The maximum atomic E-state index is 13.5. The van der Waals surface area contributed by atoms with Gasteiger partial charge in [0.2, 0.25) is 11.7 Å². The molecular weight excluding hydrogens is 460 g/mol. The Bertz CT molecular complexity index is 1530. The predicted molar refractivity (Wildman–Crippen MR) is 136 cm³/mol. The van der Waals surface area contributed by atoms with Crippen molar-refractivity contribution in [3.05, 3.63) is 64.4 Å². The van der Waals surface area contributed by atoms with E-state index in [0.717, 1.165) is 30.5 Å². The van der Waals surface area contributed by atoms with Crippen LogP contribution in [-0.2, 0) is 4.79 Å². The fraction of sp³-hybridized carbons (Fsp3) is 0.346. The highest BCUT2D eigenvalue weighted by atomic mass is 32.2. The number of carbonyl (C=O) groups excluding carboxylic acids is 1. The molecule has 9 heteroatoms. The number of amides is 1. The van der Waals surface area contributed by atoms with Crippen LogP contribution in [0, 0.1) is 18.3 Å². The van der Waals surface area contributed by atoms with E-state index in [1.165, 1.54) is 11.8 Å². The van der Waals surface area contributed by atoms with E-state index in [9.17, 15) is 14.9 Å². The quantitative estimate of drug-likeness (QED) is 0.394. The average Bonchev–Trinajstić information content (AvgIpc) is 3.32. The van der Waals surface area contributed by atoms with Crippen molar-refractivity contribution in [2.45, 2.75) is 49.7 Å². The highest BCUT2D eigenvalue weighted by Gasteiger charge is 2.38. The molecule has 0 radical (unpaired) electrons. The number of nitriles is 1. The predicted octanol–water partition coefficient (Wildman–Crippen LogP) is 4.12. The van der Waals surface area contributed by atoms with Crippen LogP contribution in [0.1, 0.15) is 37.7 Å². The van der Waals surface area contributed by atoms with E-state index in [0.29, 0.717) is 34.7 Å². The number of nitrogens with zero attached hydrogens (tertiary/aromatic N) is 6. The van der Waals surface area contributed by atoms with Gasteiger partial charge >= 0.3 is 0 Å². The number of hydrogen-bond acceptors (Lipinski definition) is 6. The highest BCUT2D eigenvalue weighted by Crippen LogP contribution is 2.33. The maximum absolute atomic E-state index is 13.5. The molecule has 0 N–H and O–H groups in total. The Balaban J connectivity index is 1.55. The van der Waals surface area contributed by atoms with Crippen LogP contribution in [0.4, 0.5) is 0 Å². The molecular formula is C26H26N6O2S. The Kier molecular flexibility index (Phi) is 6.07.